The lowest BCUT2D eigenvalue weighted by molar-refractivity contribution is -0.133. The lowest BCUT2D eigenvalue weighted by Crippen LogP contribution is -2.51. The van der Waals surface area contributed by atoms with Crippen LogP contribution in [0.15, 0.2) is 24.5 Å². The second-order valence-corrected chi connectivity index (χ2v) is 8.55. The van der Waals surface area contributed by atoms with Crippen molar-refractivity contribution in [2.24, 2.45) is 0 Å². The van der Waals surface area contributed by atoms with E-state index < -0.39 is 0 Å². The van der Waals surface area contributed by atoms with Crippen LogP contribution < -0.4 is 4.90 Å². The number of anilines is 1. The molecule has 3 aliphatic rings. The fourth-order valence-electron chi connectivity index (χ4n) is 5.10. The summed E-state index contributed by atoms with van der Waals surface area (Å²) in [5.41, 5.74) is 3.12. The first-order valence-electron chi connectivity index (χ1n) is 10.6. The van der Waals surface area contributed by atoms with Crippen molar-refractivity contribution >= 4 is 11.7 Å². The standard InChI is InChI=1S/C22H27N5O2/c1-2-18(29)26-10-4-7-22(14-26)8-6-17-19(22)24-20(15-5-3-9-23-11-15)25-21(17)27-12-16(28)13-27/h3,5,9,11,16,28H,2,4,6-8,10,12-14H2,1H3. The molecule has 1 unspecified atom stereocenters. The van der Waals surface area contributed by atoms with E-state index >= 15 is 0 Å². The highest BCUT2D eigenvalue weighted by Crippen LogP contribution is 2.47. The van der Waals surface area contributed by atoms with E-state index in [2.05, 4.69) is 9.88 Å². The number of pyridine rings is 1. The molecule has 0 saturated carbocycles. The van der Waals surface area contributed by atoms with Gasteiger partial charge >= 0.3 is 0 Å². The third-order valence-electron chi connectivity index (χ3n) is 6.65. The summed E-state index contributed by atoms with van der Waals surface area (Å²) in [5, 5.41) is 9.84. The average Bonchev–Trinajstić information content (AvgIpc) is 3.08. The average molecular weight is 393 g/mol. The summed E-state index contributed by atoms with van der Waals surface area (Å²) < 4.78 is 0. The Balaban J connectivity index is 1.60. The van der Waals surface area contributed by atoms with Crippen molar-refractivity contribution in [3.05, 3.63) is 35.8 Å². The molecule has 7 nitrogen and oxygen atoms in total. The molecule has 1 aliphatic carbocycles. The highest BCUT2D eigenvalue weighted by Gasteiger charge is 2.46. The highest BCUT2D eigenvalue weighted by atomic mass is 16.3. The largest absolute Gasteiger partial charge is 0.389 e. The minimum atomic E-state index is -0.287. The first-order valence-corrected chi connectivity index (χ1v) is 10.6. The van der Waals surface area contributed by atoms with E-state index in [9.17, 15) is 9.90 Å². The Kier molecular flexibility index (Phi) is 4.50. The van der Waals surface area contributed by atoms with Gasteiger partial charge in [0.05, 0.1) is 11.8 Å². The van der Waals surface area contributed by atoms with Gasteiger partial charge in [-0.1, -0.05) is 6.92 Å². The maximum Gasteiger partial charge on any atom is 0.222 e. The molecule has 5 rings (SSSR count). The van der Waals surface area contributed by atoms with E-state index in [0.29, 0.717) is 25.3 Å². The maximum absolute atomic E-state index is 12.4. The molecule has 0 bridgehead atoms. The van der Waals surface area contributed by atoms with Crippen molar-refractivity contribution in [2.75, 3.05) is 31.1 Å². The Labute approximate surface area is 170 Å². The van der Waals surface area contributed by atoms with E-state index in [1.54, 1.807) is 12.4 Å². The quantitative estimate of drug-likeness (QED) is 0.858. The van der Waals surface area contributed by atoms with Gasteiger partial charge in [-0.2, -0.15) is 0 Å². The maximum atomic E-state index is 12.4. The van der Waals surface area contributed by atoms with Crippen LogP contribution in [0.1, 0.15) is 43.9 Å². The summed E-state index contributed by atoms with van der Waals surface area (Å²) in [5.74, 6) is 1.87. The van der Waals surface area contributed by atoms with Crippen LogP contribution in [-0.4, -0.2) is 63.1 Å². The van der Waals surface area contributed by atoms with Gasteiger partial charge in [-0.05, 0) is 37.8 Å². The van der Waals surface area contributed by atoms with E-state index in [0.717, 1.165) is 55.8 Å². The molecule has 1 atom stereocenters. The Morgan fingerprint density at radius 2 is 2.17 bits per heavy atom. The summed E-state index contributed by atoms with van der Waals surface area (Å²) in [4.78, 5) is 30.8. The van der Waals surface area contributed by atoms with Crippen LogP contribution in [0.5, 0.6) is 0 Å². The van der Waals surface area contributed by atoms with Gasteiger partial charge in [0.25, 0.3) is 0 Å². The van der Waals surface area contributed by atoms with Crippen molar-refractivity contribution in [1.29, 1.82) is 0 Å². The highest BCUT2D eigenvalue weighted by molar-refractivity contribution is 5.76. The Hall–Kier alpha value is -2.54. The molecule has 7 heteroatoms. The second kappa shape index (κ2) is 7.06. The number of carbonyl (C=O) groups is 1. The monoisotopic (exact) mass is 393 g/mol. The summed E-state index contributed by atoms with van der Waals surface area (Å²) >= 11 is 0. The third kappa shape index (κ3) is 3.08. The number of hydrogen-bond acceptors (Lipinski definition) is 6. The van der Waals surface area contributed by atoms with Crippen molar-refractivity contribution in [2.45, 2.75) is 50.5 Å². The minimum absolute atomic E-state index is 0.0868. The van der Waals surface area contributed by atoms with Gasteiger partial charge in [-0.15, -0.1) is 0 Å². The molecule has 152 valence electrons. The van der Waals surface area contributed by atoms with Gasteiger partial charge in [0, 0.05) is 61.5 Å². The van der Waals surface area contributed by atoms with Gasteiger partial charge in [-0.3, -0.25) is 9.78 Å². The zero-order valence-electron chi connectivity index (χ0n) is 16.8. The molecule has 1 N–H and O–H groups in total. The first-order chi connectivity index (χ1) is 14.1. The predicted molar refractivity (Wildman–Crippen MR) is 110 cm³/mol. The second-order valence-electron chi connectivity index (χ2n) is 8.55. The summed E-state index contributed by atoms with van der Waals surface area (Å²) in [7, 11) is 0. The number of rotatable bonds is 3. The number of likely N-dealkylation sites (tertiary alicyclic amines) is 1. The molecule has 1 spiro atoms. The van der Waals surface area contributed by atoms with Crippen LogP contribution in [0.4, 0.5) is 5.82 Å². The molecular formula is C22H27N5O2. The smallest absolute Gasteiger partial charge is 0.222 e. The van der Waals surface area contributed by atoms with Crippen LogP contribution in [0.25, 0.3) is 11.4 Å². The Morgan fingerprint density at radius 1 is 1.31 bits per heavy atom. The van der Waals surface area contributed by atoms with Crippen LogP contribution in [0.3, 0.4) is 0 Å². The van der Waals surface area contributed by atoms with Crippen LogP contribution in [-0.2, 0) is 16.6 Å². The van der Waals surface area contributed by atoms with Gasteiger partial charge in [0.15, 0.2) is 5.82 Å². The Bertz CT molecular complexity index is 928. The van der Waals surface area contributed by atoms with E-state index in [4.69, 9.17) is 9.97 Å². The zero-order chi connectivity index (χ0) is 20.0. The van der Waals surface area contributed by atoms with Crippen LogP contribution >= 0.6 is 0 Å². The molecule has 2 saturated heterocycles. The molecule has 1 amide bonds. The lowest BCUT2D eigenvalue weighted by Gasteiger charge is -2.41. The lowest BCUT2D eigenvalue weighted by atomic mass is 9.77. The summed E-state index contributed by atoms with van der Waals surface area (Å²) in [6, 6.07) is 3.88. The molecule has 29 heavy (non-hydrogen) atoms. The van der Waals surface area contributed by atoms with Gasteiger partial charge in [-0.25, -0.2) is 9.97 Å². The molecule has 2 aliphatic heterocycles. The number of β-amino-alcohol motifs (C(OH)–C–C–N with tert-alkyl or cyclic N) is 1. The number of carbonyl (C=O) groups excluding carboxylic acids is 1. The van der Waals surface area contributed by atoms with Gasteiger partial charge < -0.3 is 14.9 Å². The number of aliphatic hydroxyl groups excluding tert-OH is 1. The number of piperidine rings is 1. The molecule has 2 fully saturated rings. The number of amides is 1. The van der Waals surface area contributed by atoms with Crippen LogP contribution in [0, 0.1) is 0 Å². The zero-order valence-corrected chi connectivity index (χ0v) is 16.8. The molecule has 4 heterocycles. The first kappa shape index (κ1) is 18.5. The van der Waals surface area contributed by atoms with Gasteiger partial charge in [0.2, 0.25) is 5.91 Å². The van der Waals surface area contributed by atoms with E-state index in [1.807, 2.05) is 24.0 Å². The predicted octanol–water partition coefficient (Wildman–Crippen LogP) is 1.94. The normalized spacial score (nSPS) is 23.9. The molecule has 0 aromatic carbocycles. The fourth-order valence-corrected chi connectivity index (χ4v) is 5.10. The van der Waals surface area contributed by atoms with Crippen LogP contribution in [0.2, 0.25) is 0 Å². The third-order valence-corrected chi connectivity index (χ3v) is 6.65. The summed E-state index contributed by atoms with van der Waals surface area (Å²) in [6.07, 6.45) is 7.80. The number of aromatic nitrogens is 3. The number of hydrogen-bond donors (Lipinski definition) is 1. The van der Waals surface area contributed by atoms with Crippen molar-refractivity contribution in [1.82, 2.24) is 19.9 Å². The molecule has 2 aromatic heterocycles. The van der Waals surface area contributed by atoms with E-state index in [-0.39, 0.29) is 17.4 Å². The number of nitrogens with zero attached hydrogens (tertiary/aromatic N) is 5. The van der Waals surface area contributed by atoms with Crippen molar-refractivity contribution in [3.63, 3.8) is 0 Å². The van der Waals surface area contributed by atoms with Gasteiger partial charge in [0.1, 0.15) is 5.82 Å². The van der Waals surface area contributed by atoms with Crippen molar-refractivity contribution < 1.29 is 9.90 Å². The fraction of sp³-hybridized carbons (Fsp3) is 0.545. The van der Waals surface area contributed by atoms with Crippen molar-refractivity contribution in [3.8, 4) is 11.4 Å². The molecule has 2 aromatic rings. The Morgan fingerprint density at radius 3 is 2.90 bits per heavy atom. The van der Waals surface area contributed by atoms with E-state index in [1.165, 1.54) is 5.56 Å². The topological polar surface area (TPSA) is 82.5 Å². The number of aliphatic hydroxyl groups is 1. The SMILES string of the molecule is CCC(=O)N1CCCC2(CCc3c(N4CC(O)C4)nc(-c4cccnc4)nc32)C1. The molecule has 0 radical (unpaired) electrons. The minimum Gasteiger partial charge on any atom is -0.389 e. The molecular weight excluding hydrogens is 366 g/mol. The summed E-state index contributed by atoms with van der Waals surface area (Å²) in [6.45, 7) is 4.75. The number of fused-ring (bicyclic) bond motifs is 2.